The zero-order chi connectivity index (χ0) is 10.9. The van der Waals surface area contributed by atoms with Crippen LogP contribution in [0.2, 0.25) is 0 Å². The monoisotopic (exact) mass is 212 g/mol. The van der Waals surface area contributed by atoms with Gasteiger partial charge in [0.1, 0.15) is 0 Å². The summed E-state index contributed by atoms with van der Waals surface area (Å²) in [5, 5.41) is 17.3. The molecule has 1 rings (SSSR count). The lowest BCUT2D eigenvalue weighted by atomic mass is 10.2. The molecule has 0 heterocycles. The van der Waals surface area contributed by atoms with Crippen LogP contribution in [0.3, 0.4) is 0 Å². The first-order valence-corrected chi connectivity index (χ1v) is 4.88. The van der Waals surface area contributed by atoms with Crippen molar-refractivity contribution in [3.05, 3.63) is 35.9 Å². The zero-order valence-corrected chi connectivity index (χ0v) is 8.50. The molecule has 2 N–H and O–H groups in total. The molecule has 15 heavy (non-hydrogen) atoms. The Balaban J connectivity index is 2.55. The second-order valence-electron chi connectivity index (χ2n) is 2.93. The third-order valence-corrected chi connectivity index (χ3v) is 1.79. The predicted molar refractivity (Wildman–Crippen MR) is 55.3 cm³/mol. The Morgan fingerprint density at radius 2 is 1.47 bits per heavy atom. The van der Waals surface area contributed by atoms with Crippen molar-refractivity contribution in [2.75, 3.05) is 26.4 Å². The lowest BCUT2D eigenvalue weighted by molar-refractivity contribution is -0.156. The van der Waals surface area contributed by atoms with Crippen LogP contribution in [0.4, 0.5) is 0 Å². The molecule has 0 aliphatic carbocycles. The molecule has 0 unspecified atom stereocenters. The van der Waals surface area contributed by atoms with E-state index in [1.165, 1.54) is 0 Å². The van der Waals surface area contributed by atoms with Crippen LogP contribution in [-0.4, -0.2) is 36.6 Å². The molecule has 0 amide bonds. The molecule has 0 bridgehead atoms. The summed E-state index contributed by atoms with van der Waals surface area (Å²) in [7, 11) is 0. The SMILES string of the molecule is OCCOC(OCCO)c1ccccc1. The van der Waals surface area contributed by atoms with E-state index in [2.05, 4.69) is 0 Å². The van der Waals surface area contributed by atoms with Crippen molar-refractivity contribution in [3.8, 4) is 0 Å². The molecular formula is C11H16O4. The molecule has 0 saturated carbocycles. The molecule has 0 radical (unpaired) electrons. The third-order valence-electron chi connectivity index (χ3n) is 1.79. The van der Waals surface area contributed by atoms with Crippen LogP contribution in [-0.2, 0) is 9.47 Å². The van der Waals surface area contributed by atoms with Crippen molar-refractivity contribution >= 4 is 0 Å². The lowest BCUT2D eigenvalue weighted by Crippen LogP contribution is -2.13. The summed E-state index contributed by atoms with van der Waals surface area (Å²) in [6, 6.07) is 9.41. The van der Waals surface area contributed by atoms with E-state index in [0.29, 0.717) is 0 Å². The molecule has 1 aromatic carbocycles. The van der Waals surface area contributed by atoms with Gasteiger partial charge in [-0.1, -0.05) is 30.3 Å². The number of benzene rings is 1. The minimum Gasteiger partial charge on any atom is -0.394 e. The van der Waals surface area contributed by atoms with Gasteiger partial charge < -0.3 is 19.7 Å². The van der Waals surface area contributed by atoms with Crippen LogP contribution < -0.4 is 0 Å². The van der Waals surface area contributed by atoms with Gasteiger partial charge in [0.2, 0.25) is 0 Å². The van der Waals surface area contributed by atoms with Gasteiger partial charge in [-0.25, -0.2) is 0 Å². The highest BCUT2D eigenvalue weighted by Gasteiger charge is 2.10. The van der Waals surface area contributed by atoms with Crippen LogP contribution in [0, 0.1) is 0 Å². The Morgan fingerprint density at radius 1 is 0.933 bits per heavy atom. The van der Waals surface area contributed by atoms with E-state index in [0.717, 1.165) is 5.56 Å². The van der Waals surface area contributed by atoms with E-state index in [-0.39, 0.29) is 26.4 Å². The van der Waals surface area contributed by atoms with E-state index in [1.807, 2.05) is 30.3 Å². The van der Waals surface area contributed by atoms with Gasteiger partial charge in [-0.2, -0.15) is 0 Å². The van der Waals surface area contributed by atoms with Gasteiger partial charge in [-0.15, -0.1) is 0 Å². The lowest BCUT2D eigenvalue weighted by Gasteiger charge is -2.17. The number of rotatable bonds is 7. The van der Waals surface area contributed by atoms with Crippen LogP contribution in [0.15, 0.2) is 30.3 Å². The highest BCUT2D eigenvalue weighted by molar-refractivity contribution is 5.15. The third kappa shape index (κ3) is 4.40. The molecule has 84 valence electrons. The first-order chi connectivity index (χ1) is 7.38. The quantitative estimate of drug-likeness (QED) is 0.653. The Kier molecular flexibility index (Phi) is 5.96. The van der Waals surface area contributed by atoms with Crippen molar-refractivity contribution in [2.45, 2.75) is 6.29 Å². The highest BCUT2D eigenvalue weighted by Crippen LogP contribution is 2.17. The largest absolute Gasteiger partial charge is 0.394 e. The fourth-order valence-electron chi connectivity index (χ4n) is 1.17. The van der Waals surface area contributed by atoms with Crippen LogP contribution in [0.25, 0.3) is 0 Å². The van der Waals surface area contributed by atoms with Gasteiger partial charge in [0.05, 0.1) is 26.4 Å². The minimum atomic E-state index is -0.523. The molecule has 4 nitrogen and oxygen atoms in total. The van der Waals surface area contributed by atoms with Crippen LogP contribution in [0.1, 0.15) is 11.9 Å². The van der Waals surface area contributed by atoms with Gasteiger partial charge in [0.15, 0.2) is 6.29 Å². The fourth-order valence-corrected chi connectivity index (χ4v) is 1.17. The van der Waals surface area contributed by atoms with Crippen molar-refractivity contribution in [1.29, 1.82) is 0 Å². The molecule has 0 aliphatic heterocycles. The van der Waals surface area contributed by atoms with Gasteiger partial charge in [-0.05, 0) is 0 Å². The summed E-state index contributed by atoms with van der Waals surface area (Å²) in [6.45, 7) is 0.327. The highest BCUT2D eigenvalue weighted by atomic mass is 16.7. The average molecular weight is 212 g/mol. The van der Waals surface area contributed by atoms with Gasteiger partial charge in [-0.3, -0.25) is 0 Å². The Bertz CT molecular complexity index is 242. The van der Waals surface area contributed by atoms with Crippen molar-refractivity contribution < 1.29 is 19.7 Å². The van der Waals surface area contributed by atoms with Crippen molar-refractivity contribution in [1.82, 2.24) is 0 Å². The number of hydrogen-bond donors (Lipinski definition) is 2. The van der Waals surface area contributed by atoms with E-state index >= 15 is 0 Å². The van der Waals surface area contributed by atoms with Gasteiger partial charge >= 0.3 is 0 Å². The number of aliphatic hydroxyl groups is 2. The summed E-state index contributed by atoms with van der Waals surface area (Å²) in [5.74, 6) is 0. The maximum atomic E-state index is 8.66. The second-order valence-corrected chi connectivity index (χ2v) is 2.93. The topological polar surface area (TPSA) is 58.9 Å². The van der Waals surface area contributed by atoms with Crippen LogP contribution >= 0.6 is 0 Å². The fraction of sp³-hybridized carbons (Fsp3) is 0.455. The number of hydrogen-bond acceptors (Lipinski definition) is 4. The summed E-state index contributed by atoms with van der Waals surface area (Å²) >= 11 is 0. The Morgan fingerprint density at radius 3 is 1.93 bits per heavy atom. The standard InChI is InChI=1S/C11H16O4/c12-6-8-14-11(15-9-7-13)10-4-2-1-3-5-10/h1-5,11-13H,6-9H2. The maximum Gasteiger partial charge on any atom is 0.184 e. The van der Waals surface area contributed by atoms with E-state index in [4.69, 9.17) is 19.7 Å². The van der Waals surface area contributed by atoms with Crippen molar-refractivity contribution in [3.63, 3.8) is 0 Å². The zero-order valence-electron chi connectivity index (χ0n) is 8.50. The molecular weight excluding hydrogens is 196 g/mol. The number of aliphatic hydroxyl groups excluding tert-OH is 2. The summed E-state index contributed by atoms with van der Waals surface area (Å²) in [5.41, 5.74) is 0.874. The molecule has 0 spiro atoms. The van der Waals surface area contributed by atoms with E-state index in [9.17, 15) is 0 Å². The first kappa shape index (κ1) is 12.1. The smallest absolute Gasteiger partial charge is 0.184 e. The molecule has 0 aromatic heterocycles. The normalized spacial score (nSPS) is 10.9. The molecule has 0 fully saturated rings. The number of ether oxygens (including phenoxy) is 2. The molecule has 0 saturated heterocycles. The van der Waals surface area contributed by atoms with E-state index < -0.39 is 6.29 Å². The van der Waals surface area contributed by atoms with Gasteiger partial charge in [0.25, 0.3) is 0 Å². The molecule has 1 aromatic rings. The molecule has 0 aliphatic rings. The molecule has 4 heteroatoms. The molecule has 0 atom stereocenters. The predicted octanol–water partition coefficient (Wildman–Crippen LogP) is 0.703. The summed E-state index contributed by atoms with van der Waals surface area (Å²) < 4.78 is 10.6. The minimum absolute atomic E-state index is 0.0498. The van der Waals surface area contributed by atoms with Crippen LogP contribution in [0.5, 0.6) is 0 Å². The van der Waals surface area contributed by atoms with E-state index in [1.54, 1.807) is 0 Å². The summed E-state index contributed by atoms with van der Waals surface area (Å²) in [4.78, 5) is 0. The second kappa shape index (κ2) is 7.36. The van der Waals surface area contributed by atoms with Gasteiger partial charge in [0, 0.05) is 5.56 Å². The Hall–Kier alpha value is -0.940. The maximum absolute atomic E-state index is 8.66. The van der Waals surface area contributed by atoms with Crippen molar-refractivity contribution in [2.24, 2.45) is 0 Å². The average Bonchev–Trinajstić information content (AvgIpc) is 2.30. The first-order valence-electron chi connectivity index (χ1n) is 4.88. The summed E-state index contributed by atoms with van der Waals surface area (Å²) in [6.07, 6.45) is -0.523. The Labute approximate surface area is 89.1 Å².